The first-order valence-corrected chi connectivity index (χ1v) is 10.4. The van der Waals surface area contributed by atoms with E-state index in [0.29, 0.717) is 17.1 Å². The van der Waals surface area contributed by atoms with E-state index < -0.39 is 4.92 Å². The number of anilines is 1. The summed E-state index contributed by atoms with van der Waals surface area (Å²) >= 11 is 1.56. The van der Waals surface area contributed by atoms with Gasteiger partial charge < -0.3 is 14.6 Å². The zero-order valence-corrected chi connectivity index (χ0v) is 17.8. The summed E-state index contributed by atoms with van der Waals surface area (Å²) in [6, 6.07) is 15.1. The second-order valence-electron chi connectivity index (χ2n) is 6.78. The van der Waals surface area contributed by atoms with E-state index in [1.54, 1.807) is 16.3 Å². The van der Waals surface area contributed by atoms with Gasteiger partial charge in [0.25, 0.3) is 5.69 Å². The topological polar surface area (TPSA) is 103 Å². The van der Waals surface area contributed by atoms with Crippen LogP contribution in [0.15, 0.2) is 70.5 Å². The number of nitro benzene ring substituents is 1. The van der Waals surface area contributed by atoms with Crippen LogP contribution in [0.3, 0.4) is 0 Å². The minimum absolute atomic E-state index is 0.0442. The summed E-state index contributed by atoms with van der Waals surface area (Å²) in [5.41, 5.74) is 1.97. The summed E-state index contributed by atoms with van der Waals surface area (Å²) < 4.78 is 6.79. The molecule has 0 aliphatic heterocycles. The van der Waals surface area contributed by atoms with Gasteiger partial charge in [0, 0.05) is 40.2 Å². The lowest BCUT2D eigenvalue weighted by Gasteiger charge is -2.15. The van der Waals surface area contributed by atoms with Crippen molar-refractivity contribution in [3.05, 3.63) is 92.4 Å². The second kappa shape index (κ2) is 9.94. The van der Waals surface area contributed by atoms with Crippen LogP contribution in [-0.2, 0) is 17.1 Å². The van der Waals surface area contributed by atoms with Crippen molar-refractivity contribution in [2.45, 2.75) is 24.1 Å². The van der Waals surface area contributed by atoms with Gasteiger partial charge in [-0.2, -0.15) is 0 Å². The molecule has 0 atom stereocenters. The highest BCUT2D eigenvalue weighted by molar-refractivity contribution is 7.98. The van der Waals surface area contributed by atoms with Crippen molar-refractivity contribution in [2.24, 2.45) is 0 Å². The standard InChI is InChI=1S/C22H21N3O5S/c1-15-3-9-19(10-4-15)31-14-18-11-20(26)21(30-2)12-24(18)13-22(27)23-16-5-7-17(8-6-16)25(28)29/h3-12H,13-14H2,1-2H3,(H,23,27). The molecule has 1 aromatic heterocycles. The smallest absolute Gasteiger partial charge is 0.269 e. The maximum Gasteiger partial charge on any atom is 0.269 e. The first-order valence-electron chi connectivity index (χ1n) is 9.37. The van der Waals surface area contributed by atoms with E-state index in [4.69, 9.17) is 4.74 Å². The number of aryl methyl sites for hydroxylation is 1. The third kappa shape index (κ3) is 5.95. The molecule has 160 valence electrons. The molecule has 0 spiro atoms. The van der Waals surface area contributed by atoms with Gasteiger partial charge in [0.15, 0.2) is 5.75 Å². The number of nitro groups is 1. The molecule has 2 aromatic carbocycles. The number of hydrogen-bond donors (Lipinski definition) is 1. The molecule has 0 aliphatic rings. The molecule has 9 heteroatoms. The van der Waals surface area contributed by atoms with Gasteiger partial charge >= 0.3 is 0 Å². The van der Waals surface area contributed by atoms with Crippen molar-refractivity contribution in [1.82, 2.24) is 4.57 Å². The zero-order chi connectivity index (χ0) is 22.4. The maximum absolute atomic E-state index is 12.6. The van der Waals surface area contributed by atoms with E-state index in [1.165, 1.54) is 43.6 Å². The number of nitrogens with zero attached hydrogens (tertiary/aromatic N) is 2. The van der Waals surface area contributed by atoms with Crippen LogP contribution in [-0.4, -0.2) is 22.5 Å². The Morgan fingerprint density at radius 2 is 1.84 bits per heavy atom. The van der Waals surface area contributed by atoms with Crippen LogP contribution in [0.1, 0.15) is 11.3 Å². The lowest BCUT2D eigenvalue weighted by atomic mass is 10.2. The Labute approximate surface area is 183 Å². The van der Waals surface area contributed by atoms with Crippen molar-refractivity contribution < 1.29 is 14.5 Å². The van der Waals surface area contributed by atoms with Crippen LogP contribution in [0, 0.1) is 17.0 Å². The number of ether oxygens (including phenoxy) is 1. The predicted molar refractivity (Wildman–Crippen MR) is 120 cm³/mol. The summed E-state index contributed by atoms with van der Waals surface area (Å²) in [5.74, 6) is 0.306. The molecule has 0 unspecified atom stereocenters. The highest BCUT2D eigenvalue weighted by Crippen LogP contribution is 2.23. The third-order valence-electron chi connectivity index (χ3n) is 4.49. The Kier molecular flexibility index (Phi) is 7.09. The number of benzene rings is 2. The van der Waals surface area contributed by atoms with E-state index in [-0.39, 0.29) is 29.3 Å². The van der Waals surface area contributed by atoms with Gasteiger partial charge in [-0.25, -0.2) is 0 Å². The average molecular weight is 439 g/mol. The van der Waals surface area contributed by atoms with Gasteiger partial charge in [-0.3, -0.25) is 19.7 Å². The molecule has 1 heterocycles. The molecule has 0 bridgehead atoms. The van der Waals surface area contributed by atoms with Gasteiger partial charge in [-0.1, -0.05) is 17.7 Å². The highest BCUT2D eigenvalue weighted by atomic mass is 32.2. The van der Waals surface area contributed by atoms with Crippen LogP contribution in [0.25, 0.3) is 0 Å². The van der Waals surface area contributed by atoms with Gasteiger partial charge in [0.1, 0.15) is 6.54 Å². The van der Waals surface area contributed by atoms with Crippen molar-refractivity contribution >= 4 is 29.0 Å². The van der Waals surface area contributed by atoms with Gasteiger partial charge in [-0.15, -0.1) is 11.8 Å². The van der Waals surface area contributed by atoms with Crippen molar-refractivity contribution in [3.8, 4) is 5.75 Å². The molecule has 8 nitrogen and oxygen atoms in total. The molecule has 31 heavy (non-hydrogen) atoms. The van der Waals surface area contributed by atoms with Gasteiger partial charge in [0.05, 0.1) is 18.2 Å². The molecule has 0 saturated carbocycles. The van der Waals surface area contributed by atoms with Crippen LogP contribution in [0.4, 0.5) is 11.4 Å². The largest absolute Gasteiger partial charge is 0.491 e. The Bertz CT molecular complexity index is 1140. The summed E-state index contributed by atoms with van der Waals surface area (Å²) in [6.07, 6.45) is 1.52. The number of carbonyl (C=O) groups is 1. The Morgan fingerprint density at radius 3 is 2.45 bits per heavy atom. The highest BCUT2D eigenvalue weighted by Gasteiger charge is 2.12. The fraction of sp³-hybridized carbons (Fsp3) is 0.182. The number of carbonyl (C=O) groups excluding carboxylic acids is 1. The molecular weight excluding hydrogens is 418 g/mol. The molecule has 0 fully saturated rings. The van der Waals surface area contributed by atoms with E-state index in [1.807, 2.05) is 31.2 Å². The van der Waals surface area contributed by atoms with Crippen LogP contribution < -0.4 is 15.5 Å². The normalized spacial score (nSPS) is 10.5. The minimum Gasteiger partial charge on any atom is -0.491 e. The van der Waals surface area contributed by atoms with E-state index >= 15 is 0 Å². The number of methoxy groups -OCH3 is 1. The number of nitrogens with one attached hydrogen (secondary N) is 1. The Hall–Kier alpha value is -3.59. The van der Waals surface area contributed by atoms with E-state index in [9.17, 15) is 19.7 Å². The number of non-ortho nitro benzene ring substituents is 1. The number of aromatic nitrogens is 1. The fourth-order valence-corrected chi connectivity index (χ4v) is 3.72. The fourth-order valence-electron chi connectivity index (χ4n) is 2.83. The molecule has 1 N–H and O–H groups in total. The molecule has 3 rings (SSSR count). The first-order chi connectivity index (χ1) is 14.9. The molecule has 0 saturated heterocycles. The summed E-state index contributed by atoms with van der Waals surface area (Å²) in [4.78, 5) is 36.1. The van der Waals surface area contributed by atoms with Crippen molar-refractivity contribution in [1.29, 1.82) is 0 Å². The number of thioether (sulfide) groups is 1. The zero-order valence-electron chi connectivity index (χ0n) is 17.0. The molecule has 0 radical (unpaired) electrons. The number of amides is 1. The predicted octanol–water partition coefficient (Wildman–Crippen LogP) is 4.00. The van der Waals surface area contributed by atoms with Crippen LogP contribution >= 0.6 is 11.8 Å². The summed E-state index contributed by atoms with van der Waals surface area (Å²) in [5, 5.41) is 13.5. The average Bonchev–Trinajstić information content (AvgIpc) is 2.75. The third-order valence-corrected chi connectivity index (χ3v) is 5.53. The summed E-state index contributed by atoms with van der Waals surface area (Å²) in [7, 11) is 1.40. The number of pyridine rings is 1. The maximum atomic E-state index is 12.6. The SMILES string of the molecule is COc1cn(CC(=O)Nc2ccc([N+](=O)[O-])cc2)c(CSc2ccc(C)cc2)cc1=O. The lowest BCUT2D eigenvalue weighted by molar-refractivity contribution is -0.384. The Morgan fingerprint density at radius 1 is 1.16 bits per heavy atom. The number of rotatable bonds is 8. The lowest BCUT2D eigenvalue weighted by Crippen LogP contribution is -2.22. The van der Waals surface area contributed by atoms with Gasteiger partial charge in [-0.05, 0) is 31.2 Å². The van der Waals surface area contributed by atoms with E-state index in [0.717, 1.165) is 10.5 Å². The molecule has 0 aliphatic carbocycles. The van der Waals surface area contributed by atoms with Crippen LogP contribution in [0.2, 0.25) is 0 Å². The number of hydrogen-bond acceptors (Lipinski definition) is 6. The van der Waals surface area contributed by atoms with Crippen molar-refractivity contribution in [3.63, 3.8) is 0 Å². The summed E-state index contributed by atoms with van der Waals surface area (Å²) in [6.45, 7) is 1.97. The monoisotopic (exact) mass is 439 g/mol. The van der Waals surface area contributed by atoms with Gasteiger partial charge in [0.2, 0.25) is 11.3 Å². The second-order valence-corrected chi connectivity index (χ2v) is 7.83. The molecule has 3 aromatic rings. The molecule has 1 amide bonds. The Balaban J connectivity index is 1.76. The van der Waals surface area contributed by atoms with Crippen molar-refractivity contribution in [2.75, 3.05) is 12.4 Å². The first kappa shape index (κ1) is 22.1. The van der Waals surface area contributed by atoms with E-state index in [2.05, 4.69) is 5.32 Å². The quantitative estimate of drug-likeness (QED) is 0.323. The molecular formula is C22H21N3O5S. The minimum atomic E-state index is -0.504. The van der Waals surface area contributed by atoms with Crippen LogP contribution in [0.5, 0.6) is 5.75 Å².